The number of rotatable bonds is 7. The van der Waals surface area contributed by atoms with Gasteiger partial charge in [0.05, 0.1) is 42.3 Å². The van der Waals surface area contributed by atoms with E-state index in [0.29, 0.717) is 18.2 Å². The van der Waals surface area contributed by atoms with Crippen molar-refractivity contribution in [3.63, 3.8) is 0 Å². The van der Waals surface area contributed by atoms with E-state index >= 15 is 0 Å². The molecule has 0 fully saturated rings. The van der Waals surface area contributed by atoms with Crippen molar-refractivity contribution in [3.05, 3.63) is 61.6 Å². The van der Waals surface area contributed by atoms with Crippen molar-refractivity contribution in [2.45, 2.75) is 15.3 Å². The Morgan fingerprint density at radius 1 is 1.09 bits per heavy atom. The van der Waals surface area contributed by atoms with E-state index in [-0.39, 0.29) is 5.02 Å². The molecule has 172 valence electrons. The van der Waals surface area contributed by atoms with E-state index in [0.717, 1.165) is 18.2 Å². The summed E-state index contributed by atoms with van der Waals surface area (Å²) >= 11 is 5.75. The van der Waals surface area contributed by atoms with E-state index in [9.17, 15) is 50.8 Å². The number of sulfone groups is 1. The Labute approximate surface area is 183 Å². The van der Waals surface area contributed by atoms with Gasteiger partial charge < -0.3 is 5.32 Å². The van der Waals surface area contributed by atoms with Crippen LogP contribution in [0.25, 0.3) is 0 Å². The molecule has 0 spiro atoms. The lowest BCUT2D eigenvalue weighted by Crippen LogP contribution is -2.24. The highest BCUT2D eigenvalue weighted by Crippen LogP contribution is 2.34. The molecular weight excluding hydrogens is 507 g/mol. The van der Waals surface area contributed by atoms with Gasteiger partial charge in [-0.05, 0) is 24.3 Å². The first-order valence-electron chi connectivity index (χ1n) is 7.87. The molecule has 0 saturated carbocycles. The molecule has 1 amide bonds. The van der Waals surface area contributed by atoms with Crippen molar-refractivity contribution in [3.8, 4) is 0 Å². The van der Waals surface area contributed by atoms with Gasteiger partial charge in [0.2, 0.25) is 5.91 Å². The molecule has 0 bridgehead atoms. The third kappa shape index (κ3) is 5.38. The van der Waals surface area contributed by atoms with Crippen LogP contribution in [0.15, 0.2) is 46.2 Å². The molecule has 0 saturated heterocycles. The summed E-state index contributed by atoms with van der Waals surface area (Å²) < 4.78 is 73.5. The lowest BCUT2D eigenvalue weighted by Gasteiger charge is -2.12. The van der Waals surface area contributed by atoms with Gasteiger partial charge >= 0.3 is 5.51 Å². The fraction of sp³-hybridized carbons (Fsp3) is 0.133. The maximum atomic E-state index is 12.7. The SMILES string of the molecule is O=C(CS(=O)c1ccc([N+](=O)[O-])cc1[N+](=O)[O-])Nc1cc(S(=O)(=O)C(F)(F)F)ccc1Cl. The molecule has 2 rings (SSSR count). The minimum absolute atomic E-state index is 0.341. The second-order valence-corrected chi connectivity index (χ2v) is 9.56. The minimum Gasteiger partial charge on any atom is -0.324 e. The number of nitro groups is 2. The number of hydrogen-bond donors (Lipinski definition) is 1. The summed E-state index contributed by atoms with van der Waals surface area (Å²) in [6.45, 7) is 0. The molecule has 1 N–H and O–H groups in total. The number of nitrogens with one attached hydrogen (secondary N) is 1. The topological polar surface area (TPSA) is 167 Å². The van der Waals surface area contributed by atoms with E-state index in [4.69, 9.17) is 11.6 Å². The van der Waals surface area contributed by atoms with Gasteiger partial charge in [-0.25, -0.2) is 8.42 Å². The average Bonchev–Trinajstić information content (AvgIpc) is 2.67. The third-order valence-electron chi connectivity index (χ3n) is 3.68. The Bertz CT molecular complexity index is 1250. The molecule has 0 aliphatic heterocycles. The number of anilines is 1. The zero-order chi connectivity index (χ0) is 24.4. The van der Waals surface area contributed by atoms with E-state index in [2.05, 4.69) is 0 Å². The number of hydrogen-bond acceptors (Lipinski definition) is 8. The largest absolute Gasteiger partial charge is 0.501 e. The molecule has 0 heterocycles. The standard InChI is InChI=1S/C15H9ClF3N3O8S2/c16-10-3-2-9(32(29,30)15(17,18)19)6-11(10)20-14(23)7-31(28)13-4-1-8(21(24)25)5-12(13)22(26)27/h1-6H,7H2,(H,20,23). The van der Waals surface area contributed by atoms with E-state index in [1.165, 1.54) is 0 Å². The number of benzene rings is 2. The molecule has 2 aromatic carbocycles. The quantitative estimate of drug-likeness (QED) is 0.433. The molecule has 0 aliphatic rings. The Balaban J connectivity index is 2.29. The van der Waals surface area contributed by atoms with Gasteiger partial charge in [0.1, 0.15) is 10.6 Å². The van der Waals surface area contributed by atoms with Crippen molar-refractivity contribution in [2.75, 3.05) is 11.1 Å². The van der Waals surface area contributed by atoms with E-state index in [1.54, 1.807) is 0 Å². The second kappa shape index (κ2) is 9.17. The Morgan fingerprint density at radius 3 is 2.25 bits per heavy atom. The number of non-ortho nitro benzene ring substituents is 1. The lowest BCUT2D eigenvalue weighted by molar-refractivity contribution is -0.396. The molecule has 17 heteroatoms. The van der Waals surface area contributed by atoms with Crippen LogP contribution in [-0.4, -0.2) is 39.6 Å². The molecule has 2 aromatic rings. The van der Waals surface area contributed by atoms with Gasteiger partial charge in [-0.2, -0.15) is 13.2 Å². The minimum atomic E-state index is -5.74. The summed E-state index contributed by atoms with van der Waals surface area (Å²) in [6, 6.07) is 4.00. The number of nitrogens with zero attached hydrogens (tertiary/aromatic N) is 2. The smallest absolute Gasteiger partial charge is 0.324 e. The van der Waals surface area contributed by atoms with Crippen molar-refractivity contribution >= 4 is 55.2 Å². The third-order valence-corrected chi connectivity index (χ3v) is 6.86. The molecule has 1 unspecified atom stereocenters. The first-order chi connectivity index (χ1) is 14.6. The zero-order valence-corrected chi connectivity index (χ0v) is 17.5. The molecule has 0 aliphatic carbocycles. The first kappa shape index (κ1) is 25.2. The first-order valence-corrected chi connectivity index (χ1v) is 11.0. The summed E-state index contributed by atoms with van der Waals surface area (Å²) in [7, 11) is -8.15. The van der Waals surface area contributed by atoms with Crippen LogP contribution in [-0.2, 0) is 25.4 Å². The lowest BCUT2D eigenvalue weighted by atomic mass is 10.3. The number of alkyl halides is 3. The predicted octanol–water partition coefficient (Wildman–Crippen LogP) is 3.20. The summed E-state index contributed by atoms with van der Waals surface area (Å²) in [4.78, 5) is 30.3. The van der Waals surface area contributed by atoms with Gasteiger partial charge in [-0.15, -0.1) is 0 Å². The Hall–Kier alpha value is -3.11. The van der Waals surface area contributed by atoms with E-state index < -0.39 is 74.5 Å². The summed E-state index contributed by atoms with van der Waals surface area (Å²) in [6.07, 6.45) is 0. The van der Waals surface area contributed by atoms with Gasteiger partial charge in [0, 0.05) is 6.07 Å². The van der Waals surface area contributed by atoms with Gasteiger partial charge in [0.25, 0.3) is 21.2 Å². The molecule has 0 radical (unpaired) electrons. The van der Waals surface area contributed by atoms with Crippen molar-refractivity contribution in [1.82, 2.24) is 0 Å². The van der Waals surface area contributed by atoms with Crippen molar-refractivity contribution in [1.29, 1.82) is 0 Å². The molecule has 0 aromatic heterocycles. The zero-order valence-electron chi connectivity index (χ0n) is 15.2. The van der Waals surface area contributed by atoms with Crippen LogP contribution >= 0.6 is 11.6 Å². The number of nitro benzene ring substituents is 2. The molecule has 11 nitrogen and oxygen atoms in total. The number of amides is 1. The van der Waals surface area contributed by atoms with E-state index in [1.807, 2.05) is 5.32 Å². The second-order valence-electron chi connectivity index (χ2n) is 5.80. The summed E-state index contributed by atoms with van der Waals surface area (Å²) in [5, 5.41) is 23.5. The highest BCUT2D eigenvalue weighted by atomic mass is 35.5. The average molecular weight is 516 g/mol. The van der Waals surface area contributed by atoms with Crippen LogP contribution in [0.4, 0.5) is 30.2 Å². The number of halogens is 4. The van der Waals surface area contributed by atoms with Crippen molar-refractivity contribution < 1.29 is 40.4 Å². The van der Waals surface area contributed by atoms with Crippen LogP contribution in [0.1, 0.15) is 0 Å². The Morgan fingerprint density at radius 2 is 1.72 bits per heavy atom. The number of carbonyl (C=O) groups is 1. The predicted molar refractivity (Wildman–Crippen MR) is 104 cm³/mol. The van der Waals surface area contributed by atoms with Crippen LogP contribution in [0.2, 0.25) is 5.02 Å². The molecule has 32 heavy (non-hydrogen) atoms. The fourth-order valence-electron chi connectivity index (χ4n) is 2.24. The van der Waals surface area contributed by atoms with Crippen LogP contribution in [0, 0.1) is 20.2 Å². The van der Waals surface area contributed by atoms with Crippen LogP contribution in [0.3, 0.4) is 0 Å². The Kier molecular flexibility index (Phi) is 7.21. The summed E-state index contributed by atoms with van der Waals surface area (Å²) in [5.41, 5.74) is -7.70. The van der Waals surface area contributed by atoms with Crippen molar-refractivity contribution in [2.24, 2.45) is 0 Å². The fourth-order valence-corrected chi connectivity index (χ4v) is 4.24. The maximum Gasteiger partial charge on any atom is 0.501 e. The summed E-state index contributed by atoms with van der Waals surface area (Å²) in [5.74, 6) is -2.09. The molecular formula is C15H9ClF3N3O8S2. The highest BCUT2D eigenvalue weighted by molar-refractivity contribution is 7.92. The monoisotopic (exact) mass is 515 g/mol. The highest BCUT2D eigenvalue weighted by Gasteiger charge is 2.47. The van der Waals surface area contributed by atoms with Crippen LogP contribution < -0.4 is 5.32 Å². The van der Waals surface area contributed by atoms with Gasteiger partial charge in [0.15, 0.2) is 0 Å². The maximum absolute atomic E-state index is 12.7. The van der Waals surface area contributed by atoms with Gasteiger partial charge in [-0.1, -0.05) is 11.6 Å². The normalized spacial score (nSPS) is 12.8. The van der Waals surface area contributed by atoms with Gasteiger partial charge in [-0.3, -0.25) is 29.2 Å². The molecule has 1 atom stereocenters. The number of carbonyl (C=O) groups excluding carboxylic acids is 1. The van der Waals surface area contributed by atoms with Crippen LogP contribution in [0.5, 0.6) is 0 Å².